The van der Waals surface area contributed by atoms with Gasteiger partial charge in [0.2, 0.25) is 11.8 Å². The van der Waals surface area contributed by atoms with Crippen LogP contribution in [0.4, 0.5) is 0 Å². The lowest BCUT2D eigenvalue weighted by atomic mass is 9.96. The molecule has 1 aliphatic heterocycles. The van der Waals surface area contributed by atoms with E-state index in [-0.39, 0.29) is 17.7 Å². The van der Waals surface area contributed by atoms with Crippen LogP contribution in [0.2, 0.25) is 0 Å². The van der Waals surface area contributed by atoms with Gasteiger partial charge in [0.15, 0.2) is 5.58 Å². The molecular formula is C17H21N3O4. The SMILES string of the molecule is NC(=O)C1CCN(C(=O)CCCn2c(=O)oc3ccccc32)CC1. The number of nitrogens with two attached hydrogens (primary N) is 1. The molecule has 3 rings (SSSR count). The smallest absolute Gasteiger partial charge is 0.408 e. The Morgan fingerprint density at radius 3 is 2.62 bits per heavy atom. The van der Waals surface area contributed by atoms with Gasteiger partial charge >= 0.3 is 5.76 Å². The summed E-state index contributed by atoms with van der Waals surface area (Å²) in [5, 5.41) is 0. The number of fused-ring (bicyclic) bond motifs is 1. The van der Waals surface area contributed by atoms with Gasteiger partial charge in [-0.25, -0.2) is 4.79 Å². The van der Waals surface area contributed by atoms with Crippen molar-refractivity contribution in [1.82, 2.24) is 9.47 Å². The molecule has 1 fully saturated rings. The van der Waals surface area contributed by atoms with Crippen molar-refractivity contribution in [3.05, 3.63) is 34.8 Å². The first-order valence-electron chi connectivity index (χ1n) is 8.21. The monoisotopic (exact) mass is 331 g/mol. The van der Waals surface area contributed by atoms with Crippen molar-refractivity contribution in [2.45, 2.75) is 32.2 Å². The zero-order chi connectivity index (χ0) is 17.1. The van der Waals surface area contributed by atoms with E-state index in [4.69, 9.17) is 10.2 Å². The zero-order valence-corrected chi connectivity index (χ0v) is 13.4. The van der Waals surface area contributed by atoms with Crippen molar-refractivity contribution < 1.29 is 14.0 Å². The van der Waals surface area contributed by atoms with Crippen LogP contribution in [0.5, 0.6) is 0 Å². The average Bonchev–Trinajstić information content (AvgIpc) is 2.90. The van der Waals surface area contributed by atoms with Gasteiger partial charge in [-0.2, -0.15) is 0 Å². The molecule has 1 aromatic heterocycles. The molecule has 0 bridgehead atoms. The molecule has 7 nitrogen and oxygen atoms in total. The third-order valence-corrected chi connectivity index (χ3v) is 4.60. The number of piperidine rings is 1. The van der Waals surface area contributed by atoms with E-state index in [9.17, 15) is 14.4 Å². The lowest BCUT2D eigenvalue weighted by molar-refractivity contribution is -0.135. The number of aryl methyl sites for hydroxylation is 1. The maximum atomic E-state index is 12.3. The van der Waals surface area contributed by atoms with Crippen molar-refractivity contribution in [3.63, 3.8) is 0 Å². The molecule has 128 valence electrons. The number of primary amides is 1. The summed E-state index contributed by atoms with van der Waals surface area (Å²) in [6.45, 7) is 1.58. The Labute approximate surface area is 139 Å². The van der Waals surface area contributed by atoms with E-state index in [1.54, 1.807) is 15.5 Å². The summed E-state index contributed by atoms with van der Waals surface area (Å²) < 4.78 is 6.73. The first-order valence-corrected chi connectivity index (χ1v) is 8.21. The van der Waals surface area contributed by atoms with Gasteiger partial charge in [0, 0.05) is 32.0 Å². The lowest BCUT2D eigenvalue weighted by Crippen LogP contribution is -2.41. The third kappa shape index (κ3) is 3.34. The molecular weight excluding hydrogens is 310 g/mol. The van der Waals surface area contributed by atoms with Crippen molar-refractivity contribution >= 4 is 22.9 Å². The first-order chi connectivity index (χ1) is 11.6. The predicted molar refractivity (Wildman–Crippen MR) is 88.2 cm³/mol. The van der Waals surface area contributed by atoms with Gasteiger partial charge in [-0.1, -0.05) is 12.1 Å². The molecule has 2 amide bonds. The number of rotatable bonds is 5. The largest absolute Gasteiger partial charge is 0.419 e. The highest BCUT2D eigenvalue weighted by atomic mass is 16.4. The molecule has 1 saturated heterocycles. The Morgan fingerprint density at radius 1 is 1.21 bits per heavy atom. The van der Waals surface area contributed by atoms with E-state index in [0.29, 0.717) is 50.9 Å². The molecule has 24 heavy (non-hydrogen) atoms. The van der Waals surface area contributed by atoms with Crippen LogP contribution in [-0.2, 0) is 16.1 Å². The molecule has 7 heteroatoms. The molecule has 0 aliphatic carbocycles. The Balaban J connectivity index is 1.53. The standard InChI is InChI=1S/C17H21N3O4/c18-16(22)12-7-10-19(11-8-12)15(21)6-3-9-20-13-4-1-2-5-14(13)24-17(20)23/h1-2,4-5,12H,3,6-11H2,(H2,18,22). The van der Waals surface area contributed by atoms with Gasteiger partial charge in [-0.15, -0.1) is 0 Å². The second-order valence-corrected chi connectivity index (χ2v) is 6.15. The number of benzene rings is 1. The molecule has 2 heterocycles. The maximum Gasteiger partial charge on any atom is 0.419 e. The first kappa shape index (κ1) is 16.3. The van der Waals surface area contributed by atoms with E-state index in [2.05, 4.69) is 0 Å². The lowest BCUT2D eigenvalue weighted by Gasteiger charge is -2.30. The highest BCUT2D eigenvalue weighted by Crippen LogP contribution is 2.18. The van der Waals surface area contributed by atoms with E-state index in [0.717, 1.165) is 5.52 Å². The molecule has 2 aromatic rings. The summed E-state index contributed by atoms with van der Waals surface area (Å²) >= 11 is 0. The number of nitrogens with zero attached hydrogens (tertiary/aromatic N) is 2. The van der Waals surface area contributed by atoms with Crippen LogP contribution < -0.4 is 11.5 Å². The minimum absolute atomic E-state index is 0.0544. The predicted octanol–water partition coefficient (Wildman–Crippen LogP) is 1.10. The number of carbonyl (C=O) groups excluding carboxylic acids is 2. The van der Waals surface area contributed by atoms with Gasteiger partial charge in [0.25, 0.3) is 0 Å². The Bertz CT molecular complexity index is 800. The van der Waals surface area contributed by atoms with Crippen LogP contribution in [0, 0.1) is 5.92 Å². The molecule has 0 radical (unpaired) electrons. The fourth-order valence-corrected chi connectivity index (χ4v) is 3.19. The van der Waals surface area contributed by atoms with Gasteiger partial charge in [0.1, 0.15) is 0 Å². The Kier molecular flexibility index (Phi) is 4.69. The number of para-hydroxylation sites is 2. The third-order valence-electron chi connectivity index (χ3n) is 4.60. The highest BCUT2D eigenvalue weighted by molar-refractivity contribution is 5.79. The minimum Gasteiger partial charge on any atom is -0.408 e. The summed E-state index contributed by atoms with van der Waals surface area (Å²) in [5.74, 6) is -0.747. The van der Waals surface area contributed by atoms with E-state index in [1.807, 2.05) is 18.2 Å². The van der Waals surface area contributed by atoms with Crippen LogP contribution in [0.1, 0.15) is 25.7 Å². The number of oxazole rings is 1. The molecule has 0 unspecified atom stereocenters. The average molecular weight is 331 g/mol. The summed E-state index contributed by atoms with van der Waals surface area (Å²) in [7, 11) is 0. The minimum atomic E-state index is -0.397. The van der Waals surface area contributed by atoms with Crippen molar-refractivity contribution in [3.8, 4) is 0 Å². The number of carbonyl (C=O) groups is 2. The molecule has 1 aromatic carbocycles. The molecule has 0 atom stereocenters. The molecule has 0 saturated carbocycles. The fraction of sp³-hybridized carbons (Fsp3) is 0.471. The summed E-state index contributed by atoms with van der Waals surface area (Å²) in [6.07, 6.45) is 2.20. The Hall–Kier alpha value is -2.57. The normalized spacial score (nSPS) is 15.8. The van der Waals surface area contributed by atoms with E-state index < -0.39 is 5.76 Å². The van der Waals surface area contributed by atoms with Crippen LogP contribution in [0.25, 0.3) is 11.1 Å². The maximum absolute atomic E-state index is 12.3. The number of hydrogen-bond acceptors (Lipinski definition) is 4. The Morgan fingerprint density at radius 2 is 1.92 bits per heavy atom. The fourth-order valence-electron chi connectivity index (χ4n) is 3.19. The number of hydrogen-bond donors (Lipinski definition) is 1. The van der Waals surface area contributed by atoms with Gasteiger partial charge in [-0.3, -0.25) is 14.2 Å². The summed E-state index contributed by atoms with van der Waals surface area (Å²) in [4.78, 5) is 37.0. The molecule has 0 spiro atoms. The van der Waals surface area contributed by atoms with Crippen molar-refractivity contribution in [2.75, 3.05) is 13.1 Å². The quantitative estimate of drug-likeness (QED) is 0.887. The second kappa shape index (κ2) is 6.90. The van der Waals surface area contributed by atoms with E-state index >= 15 is 0 Å². The number of aromatic nitrogens is 1. The van der Waals surface area contributed by atoms with Gasteiger partial charge in [-0.05, 0) is 31.4 Å². The van der Waals surface area contributed by atoms with Crippen LogP contribution in [0.3, 0.4) is 0 Å². The number of amides is 2. The topological polar surface area (TPSA) is 98.5 Å². The van der Waals surface area contributed by atoms with E-state index in [1.165, 1.54) is 0 Å². The van der Waals surface area contributed by atoms with Crippen LogP contribution >= 0.6 is 0 Å². The van der Waals surface area contributed by atoms with Gasteiger partial charge in [0.05, 0.1) is 5.52 Å². The summed E-state index contributed by atoms with van der Waals surface area (Å²) in [6, 6.07) is 7.24. The molecule has 2 N–H and O–H groups in total. The number of likely N-dealkylation sites (tertiary alicyclic amines) is 1. The second-order valence-electron chi connectivity index (χ2n) is 6.15. The van der Waals surface area contributed by atoms with Crippen molar-refractivity contribution in [2.24, 2.45) is 11.7 Å². The van der Waals surface area contributed by atoms with Crippen LogP contribution in [0.15, 0.2) is 33.5 Å². The zero-order valence-electron chi connectivity index (χ0n) is 13.4. The van der Waals surface area contributed by atoms with Crippen molar-refractivity contribution in [1.29, 1.82) is 0 Å². The van der Waals surface area contributed by atoms with Crippen LogP contribution in [-0.4, -0.2) is 34.4 Å². The molecule has 1 aliphatic rings. The van der Waals surface area contributed by atoms with Gasteiger partial charge < -0.3 is 15.1 Å². The highest BCUT2D eigenvalue weighted by Gasteiger charge is 2.25. The summed E-state index contributed by atoms with van der Waals surface area (Å²) in [5.41, 5.74) is 6.60.